The molecule has 0 fully saturated rings. The third-order valence-corrected chi connectivity index (χ3v) is 3.20. The van der Waals surface area contributed by atoms with Crippen molar-refractivity contribution in [3.63, 3.8) is 0 Å². The molecule has 0 atom stereocenters. The maximum atomic E-state index is 11.7. The average molecular weight is 242 g/mol. The fraction of sp³-hybridized carbons (Fsp3) is 0. The summed E-state index contributed by atoms with van der Waals surface area (Å²) in [5.41, 5.74) is 0.663. The number of thiophene rings is 1. The molecule has 0 saturated heterocycles. The highest BCUT2D eigenvalue weighted by Crippen LogP contribution is 2.16. The van der Waals surface area contributed by atoms with Crippen molar-refractivity contribution < 1.29 is 9.59 Å². The highest BCUT2D eigenvalue weighted by atomic mass is 32.1. The largest absolute Gasteiger partial charge is 0.297 e. The first-order valence-electron chi connectivity index (χ1n) is 5.12. The number of rotatable bonds is 4. The Kier molecular flexibility index (Phi) is 3.62. The fourth-order valence-corrected chi connectivity index (χ4v) is 2.11. The van der Waals surface area contributed by atoms with Gasteiger partial charge >= 0.3 is 0 Å². The standard InChI is InChI=1S/C14H10O2S/c15-10-13-7-6-12(17-13)8-9-14(16)11-4-2-1-3-5-11/h1-10H/b9-8+. The predicted molar refractivity (Wildman–Crippen MR) is 69.5 cm³/mol. The Balaban J connectivity index is 2.11. The Morgan fingerprint density at radius 1 is 1.00 bits per heavy atom. The van der Waals surface area contributed by atoms with Gasteiger partial charge in [-0.25, -0.2) is 0 Å². The van der Waals surface area contributed by atoms with Crippen molar-refractivity contribution in [1.82, 2.24) is 0 Å². The first-order valence-corrected chi connectivity index (χ1v) is 5.94. The topological polar surface area (TPSA) is 34.1 Å². The van der Waals surface area contributed by atoms with E-state index in [1.165, 1.54) is 17.4 Å². The molecule has 1 heterocycles. The molecular formula is C14H10O2S. The van der Waals surface area contributed by atoms with E-state index in [-0.39, 0.29) is 5.78 Å². The zero-order valence-electron chi connectivity index (χ0n) is 9.00. The van der Waals surface area contributed by atoms with Gasteiger partial charge in [0.2, 0.25) is 0 Å². The van der Waals surface area contributed by atoms with Crippen molar-refractivity contribution in [1.29, 1.82) is 0 Å². The molecule has 1 aromatic carbocycles. The van der Waals surface area contributed by atoms with Gasteiger partial charge in [0, 0.05) is 10.4 Å². The lowest BCUT2D eigenvalue weighted by molar-refractivity contribution is 0.104. The second-order valence-corrected chi connectivity index (χ2v) is 4.57. The van der Waals surface area contributed by atoms with Crippen LogP contribution in [0.15, 0.2) is 48.5 Å². The number of carbonyl (C=O) groups is 2. The third-order valence-electron chi connectivity index (χ3n) is 2.22. The second kappa shape index (κ2) is 5.37. The monoisotopic (exact) mass is 242 g/mol. The van der Waals surface area contributed by atoms with Crippen molar-refractivity contribution >= 4 is 29.5 Å². The normalized spacial score (nSPS) is 10.6. The van der Waals surface area contributed by atoms with Gasteiger partial charge in [0.1, 0.15) is 0 Å². The van der Waals surface area contributed by atoms with Crippen LogP contribution in [0.1, 0.15) is 24.9 Å². The molecule has 84 valence electrons. The average Bonchev–Trinajstić information content (AvgIpc) is 2.85. The van der Waals surface area contributed by atoms with Crippen LogP contribution in [0.4, 0.5) is 0 Å². The van der Waals surface area contributed by atoms with Crippen LogP contribution in [0.2, 0.25) is 0 Å². The van der Waals surface area contributed by atoms with Gasteiger partial charge in [0.15, 0.2) is 12.1 Å². The van der Waals surface area contributed by atoms with E-state index in [0.29, 0.717) is 10.4 Å². The van der Waals surface area contributed by atoms with E-state index in [9.17, 15) is 9.59 Å². The first-order chi connectivity index (χ1) is 8.29. The first kappa shape index (κ1) is 11.5. The smallest absolute Gasteiger partial charge is 0.185 e. The van der Waals surface area contributed by atoms with Crippen LogP contribution in [0, 0.1) is 0 Å². The lowest BCUT2D eigenvalue weighted by atomic mass is 10.1. The van der Waals surface area contributed by atoms with Crippen LogP contribution in [0.3, 0.4) is 0 Å². The molecule has 0 aliphatic heterocycles. The van der Waals surface area contributed by atoms with Gasteiger partial charge in [0.25, 0.3) is 0 Å². The zero-order valence-corrected chi connectivity index (χ0v) is 9.81. The summed E-state index contributed by atoms with van der Waals surface area (Å²) in [7, 11) is 0. The van der Waals surface area contributed by atoms with Crippen LogP contribution >= 0.6 is 11.3 Å². The van der Waals surface area contributed by atoms with E-state index in [0.717, 1.165) is 11.2 Å². The van der Waals surface area contributed by atoms with Crippen molar-refractivity contribution in [3.05, 3.63) is 63.9 Å². The molecule has 2 nitrogen and oxygen atoms in total. The number of ketones is 1. The third kappa shape index (κ3) is 2.98. The molecule has 17 heavy (non-hydrogen) atoms. The van der Waals surface area contributed by atoms with Gasteiger partial charge in [-0.3, -0.25) is 9.59 Å². The van der Waals surface area contributed by atoms with Gasteiger partial charge in [-0.05, 0) is 24.3 Å². The van der Waals surface area contributed by atoms with Crippen LogP contribution < -0.4 is 0 Å². The van der Waals surface area contributed by atoms with E-state index in [2.05, 4.69) is 0 Å². The molecule has 0 aliphatic carbocycles. The Labute approximate surface area is 103 Å². The quantitative estimate of drug-likeness (QED) is 0.467. The molecule has 0 spiro atoms. The van der Waals surface area contributed by atoms with E-state index in [4.69, 9.17) is 0 Å². The summed E-state index contributed by atoms with van der Waals surface area (Å²) in [6.07, 6.45) is 4.06. The number of allylic oxidation sites excluding steroid dienone is 1. The summed E-state index contributed by atoms with van der Waals surface area (Å²) < 4.78 is 0. The van der Waals surface area contributed by atoms with Gasteiger partial charge < -0.3 is 0 Å². The molecule has 0 unspecified atom stereocenters. The number of benzene rings is 1. The minimum absolute atomic E-state index is 0.0355. The fourth-order valence-electron chi connectivity index (χ4n) is 1.38. The minimum atomic E-state index is -0.0355. The number of hydrogen-bond donors (Lipinski definition) is 0. The van der Waals surface area contributed by atoms with E-state index in [1.54, 1.807) is 24.3 Å². The van der Waals surface area contributed by atoms with Crippen LogP contribution in [-0.4, -0.2) is 12.1 Å². The lowest BCUT2D eigenvalue weighted by Crippen LogP contribution is -1.92. The van der Waals surface area contributed by atoms with E-state index < -0.39 is 0 Å². The van der Waals surface area contributed by atoms with Gasteiger partial charge in [-0.2, -0.15) is 0 Å². The summed E-state index contributed by atoms with van der Waals surface area (Å²) in [5.74, 6) is -0.0355. The molecule has 0 N–H and O–H groups in total. The maximum Gasteiger partial charge on any atom is 0.185 e. The molecular weight excluding hydrogens is 232 g/mol. The highest BCUT2D eigenvalue weighted by molar-refractivity contribution is 7.14. The van der Waals surface area contributed by atoms with E-state index in [1.807, 2.05) is 24.3 Å². The molecule has 3 heteroatoms. The zero-order chi connectivity index (χ0) is 12.1. The Bertz CT molecular complexity index is 553. The molecule has 2 rings (SSSR count). The van der Waals surface area contributed by atoms with Gasteiger partial charge in [0.05, 0.1) is 4.88 Å². The summed E-state index contributed by atoms with van der Waals surface area (Å²) in [5, 5.41) is 0. The number of aldehydes is 1. The van der Waals surface area contributed by atoms with Gasteiger partial charge in [-0.1, -0.05) is 30.3 Å². The number of carbonyl (C=O) groups excluding carboxylic acids is 2. The van der Waals surface area contributed by atoms with Crippen molar-refractivity contribution in [3.8, 4) is 0 Å². The maximum absolute atomic E-state index is 11.7. The van der Waals surface area contributed by atoms with Crippen LogP contribution in [0.25, 0.3) is 6.08 Å². The van der Waals surface area contributed by atoms with Crippen LogP contribution in [0.5, 0.6) is 0 Å². The molecule has 0 aliphatic rings. The molecule has 2 aromatic rings. The van der Waals surface area contributed by atoms with Crippen molar-refractivity contribution in [2.45, 2.75) is 0 Å². The van der Waals surface area contributed by atoms with Crippen LogP contribution in [-0.2, 0) is 0 Å². The minimum Gasteiger partial charge on any atom is -0.297 e. The summed E-state index contributed by atoms with van der Waals surface area (Å²) in [4.78, 5) is 23.8. The summed E-state index contributed by atoms with van der Waals surface area (Å²) in [6, 6.07) is 12.6. The van der Waals surface area contributed by atoms with Crippen molar-refractivity contribution in [2.75, 3.05) is 0 Å². The molecule has 1 aromatic heterocycles. The lowest BCUT2D eigenvalue weighted by Gasteiger charge is -1.92. The second-order valence-electron chi connectivity index (χ2n) is 3.42. The molecule has 0 amide bonds. The summed E-state index contributed by atoms with van der Waals surface area (Å²) >= 11 is 1.36. The Hall–Kier alpha value is -2.00. The predicted octanol–water partition coefficient (Wildman–Crippen LogP) is 3.46. The Morgan fingerprint density at radius 3 is 2.35 bits per heavy atom. The van der Waals surface area contributed by atoms with Crippen molar-refractivity contribution in [2.24, 2.45) is 0 Å². The molecule has 0 radical (unpaired) electrons. The molecule has 0 bridgehead atoms. The van der Waals surface area contributed by atoms with Gasteiger partial charge in [-0.15, -0.1) is 11.3 Å². The summed E-state index contributed by atoms with van der Waals surface area (Å²) in [6.45, 7) is 0. The molecule has 0 saturated carbocycles. The number of hydrogen-bond acceptors (Lipinski definition) is 3. The van der Waals surface area contributed by atoms with E-state index >= 15 is 0 Å². The Morgan fingerprint density at radius 2 is 1.71 bits per heavy atom. The SMILES string of the molecule is O=Cc1ccc(/C=C/C(=O)c2ccccc2)s1. The highest BCUT2D eigenvalue weighted by Gasteiger charge is 2.00.